The van der Waals surface area contributed by atoms with Crippen LogP contribution in [0.4, 0.5) is 0 Å². The van der Waals surface area contributed by atoms with Gasteiger partial charge in [-0.15, -0.1) is 11.8 Å². The summed E-state index contributed by atoms with van der Waals surface area (Å²) in [6.45, 7) is 0. The summed E-state index contributed by atoms with van der Waals surface area (Å²) in [6, 6.07) is 9.17. The molecular weight excluding hydrogens is 260 g/mol. The van der Waals surface area contributed by atoms with E-state index in [1.807, 2.05) is 42.6 Å². The third kappa shape index (κ3) is 2.38. The highest BCUT2D eigenvalue weighted by atomic mass is 32.2. The number of thioether (sulfide) groups is 1. The summed E-state index contributed by atoms with van der Waals surface area (Å²) >= 11 is 1.68. The largest absolute Gasteiger partial charge is 0.341 e. The number of amides is 2. The van der Waals surface area contributed by atoms with Gasteiger partial charge in [0.15, 0.2) is 0 Å². The Balaban J connectivity index is 1.59. The Morgan fingerprint density at radius 1 is 1.37 bits per heavy atom. The van der Waals surface area contributed by atoms with Crippen molar-refractivity contribution >= 4 is 23.6 Å². The summed E-state index contributed by atoms with van der Waals surface area (Å²) in [5.41, 5.74) is 0.958. The van der Waals surface area contributed by atoms with Crippen molar-refractivity contribution in [2.75, 3.05) is 5.75 Å². The van der Waals surface area contributed by atoms with E-state index in [9.17, 15) is 9.59 Å². The number of carbonyl (C=O) groups is 2. The van der Waals surface area contributed by atoms with Gasteiger partial charge in [0.2, 0.25) is 5.91 Å². The van der Waals surface area contributed by atoms with Gasteiger partial charge in [-0.1, -0.05) is 36.4 Å². The Hall–Kier alpha value is -1.75. The third-order valence-corrected chi connectivity index (χ3v) is 4.46. The molecule has 2 aliphatic rings. The molecule has 1 fully saturated rings. The second-order valence-electron chi connectivity index (χ2n) is 4.56. The first-order valence-corrected chi connectivity index (χ1v) is 7.24. The van der Waals surface area contributed by atoms with Crippen LogP contribution >= 0.6 is 11.8 Å². The maximum Gasteiger partial charge on any atom is 0.253 e. The van der Waals surface area contributed by atoms with Gasteiger partial charge in [-0.2, -0.15) is 0 Å². The topological polar surface area (TPSA) is 49.4 Å². The summed E-state index contributed by atoms with van der Waals surface area (Å²) < 4.78 is 0. The van der Waals surface area contributed by atoms with Crippen LogP contribution in [-0.4, -0.2) is 33.9 Å². The fraction of sp³-hybridized carbons (Fsp3) is 0.286. The quantitative estimate of drug-likeness (QED) is 0.841. The van der Waals surface area contributed by atoms with Crippen molar-refractivity contribution in [3.63, 3.8) is 0 Å². The Bertz CT molecular complexity index is 530. The van der Waals surface area contributed by atoms with Crippen LogP contribution in [-0.2, 0) is 16.0 Å². The summed E-state index contributed by atoms with van der Waals surface area (Å²) in [6.07, 6.45) is 4.09. The molecule has 19 heavy (non-hydrogen) atoms. The number of β-lactam (4-membered cyclic amide) rings is 1. The molecule has 1 aromatic carbocycles. The smallest absolute Gasteiger partial charge is 0.253 e. The average molecular weight is 274 g/mol. The normalized spacial score (nSPS) is 24.6. The van der Waals surface area contributed by atoms with Crippen LogP contribution in [0, 0.1) is 0 Å². The molecule has 0 radical (unpaired) electrons. The van der Waals surface area contributed by atoms with Gasteiger partial charge in [0.05, 0.1) is 6.42 Å². The predicted octanol–water partition coefficient (Wildman–Crippen LogP) is 1.14. The Kier molecular flexibility index (Phi) is 3.29. The van der Waals surface area contributed by atoms with E-state index in [2.05, 4.69) is 5.32 Å². The van der Waals surface area contributed by atoms with Crippen molar-refractivity contribution < 1.29 is 9.59 Å². The van der Waals surface area contributed by atoms with E-state index in [0.29, 0.717) is 6.42 Å². The number of fused-ring (bicyclic) bond motifs is 1. The van der Waals surface area contributed by atoms with Gasteiger partial charge in [-0.25, -0.2) is 0 Å². The summed E-state index contributed by atoms with van der Waals surface area (Å²) in [4.78, 5) is 25.4. The zero-order valence-corrected chi connectivity index (χ0v) is 11.1. The van der Waals surface area contributed by atoms with E-state index in [-0.39, 0.29) is 23.2 Å². The highest BCUT2D eigenvalue weighted by Gasteiger charge is 2.48. The van der Waals surface area contributed by atoms with Crippen molar-refractivity contribution in [2.45, 2.75) is 17.8 Å². The van der Waals surface area contributed by atoms with Crippen LogP contribution in [0.3, 0.4) is 0 Å². The Labute approximate surface area is 115 Å². The molecule has 3 rings (SSSR count). The first kappa shape index (κ1) is 12.3. The highest BCUT2D eigenvalue weighted by Crippen LogP contribution is 2.33. The van der Waals surface area contributed by atoms with Crippen molar-refractivity contribution in [3.05, 3.63) is 48.2 Å². The van der Waals surface area contributed by atoms with E-state index in [1.54, 1.807) is 16.7 Å². The van der Waals surface area contributed by atoms with Crippen molar-refractivity contribution in [1.29, 1.82) is 0 Å². The molecule has 1 aromatic rings. The molecule has 2 aliphatic heterocycles. The molecule has 0 aliphatic carbocycles. The lowest BCUT2D eigenvalue weighted by Crippen LogP contribution is -2.68. The lowest BCUT2D eigenvalue weighted by Gasteiger charge is -2.46. The van der Waals surface area contributed by atoms with Crippen molar-refractivity contribution in [2.24, 2.45) is 0 Å². The van der Waals surface area contributed by atoms with E-state index in [1.165, 1.54) is 0 Å². The van der Waals surface area contributed by atoms with Gasteiger partial charge < -0.3 is 10.2 Å². The monoisotopic (exact) mass is 274 g/mol. The molecule has 0 bridgehead atoms. The van der Waals surface area contributed by atoms with Crippen molar-refractivity contribution in [3.8, 4) is 0 Å². The second kappa shape index (κ2) is 5.09. The zero-order valence-electron chi connectivity index (χ0n) is 10.3. The molecule has 5 heteroatoms. The molecule has 0 aromatic heterocycles. The molecule has 98 valence electrons. The first-order chi connectivity index (χ1) is 9.25. The van der Waals surface area contributed by atoms with Gasteiger partial charge in [0, 0.05) is 12.0 Å². The van der Waals surface area contributed by atoms with Gasteiger partial charge in [0.1, 0.15) is 11.4 Å². The minimum Gasteiger partial charge on any atom is -0.341 e. The van der Waals surface area contributed by atoms with E-state index >= 15 is 0 Å². The highest BCUT2D eigenvalue weighted by molar-refractivity contribution is 8.00. The van der Waals surface area contributed by atoms with Crippen LogP contribution in [0.15, 0.2) is 42.6 Å². The van der Waals surface area contributed by atoms with Gasteiger partial charge in [0.25, 0.3) is 5.91 Å². The van der Waals surface area contributed by atoms with Crippen LogP contribution < -0.4 is 5.32 Å². The average Bonchev–Trinajstić information content (AvgIpc) is 2.45. The molecule has 1 unspecified atom stereocenters. The second-order valence-corrected chi connectivity index (χ2v) is 5.71. The molecule has 2 heterocycles. The summed E-state index contributed by atoms with van der Waals surface area (Å²) in [5.74, 6) is 0.772. The lowest BCUT2D eigenvalue weighted by molar-refractivity contribution is -0.144. The molecular formula is C14H14N2O2S. The van der Waals surface area contributed by atoms with Gasteiger partial charge in [-0.05, 0) is 5.56 Å². The molecule has 0 spiro atoms. The number of nitrogens with zero attached hydrogens (tertiary/aromatic N) is 1. The number of benzene rings is 1. The van der Waals surface area contributed by atoms with E-state index in [4.69, 9.17) is 0 Å². The number of nitrogens with one attached hydrogen (secondary N) is 1. The first-order valence-electron chi connectivity index (χ1n) is 6.19. The van der Waals surface area contributed by atoms with Crippen molar-refractivity contribution in [1.82, 2.24) is 10.2 Å². The summed E-state index contributed by atoms with van der Waals surface area (Å²) in [5, 5.41) is 2.90. The number of rotatable bonds is 3. The van der Waals surface area contributed by atoms with Crippen LogP contribution in [0.25, 0.3) is 0 Å². The van der Waals surface area contributed by atoms with Gasteiger partial charge >= 0.3 is 0 Å². The molecule has 1 N–H and O–H groups in total. The number of hydrogen-bond donors (Lipinski definition) is 1. The lowest BCUT2D eigenvalue weighted by atomic mass is 10.1. The minimum atomic E-state index is -0.369. The Morgan fingerprint density at radius 3 is 2.95 bits per heavy atom. The third-order valence-electron chi connectivity index (χ3n) is 3.23. The standard InChI is InChI=1S/C14H14N2O2S/c17-11(9-10-5-2-1-3-6-10)15-12-13(18)16-7-4-8-19-14(12)16/h1-7,12,14H,8-9H2,(H,15,17)/t12?,14-/m1/s1. The van der Waals surface area contributed by atoms with E-state index in [0.717, 1.165) is 11.3 Å². The van der Waals surface area contributed by atoms with E-state index < -0.39 is 0 Å². The number of carbonyl (C=O) groups excluding carboxylic acids is 2. The van der Waals surface area contributed by atoms with Crippen LogP contribution in [0.2, 0.25) is 0 Å². The molecule has 2 amide bonds. The number of hydrogen-bond acceptors (Lipinski definition) is 3. The fourth-order valence-corrected chi connectivity index (χ4v) is 3.38. The molecule has 4 nitrogen and oxygen atoms in total. The fourth-order valence-electron chi connectivity index (χ4n) is 2.27. The predicted molar refractivity (Wildman–Crippen MR) is 74.3 cm³/mol. The minimum absolute atomic E-state index is 0.0186. The molecule has 0 saturated carbocycles. The SMILES string of the molecule is O=C(Cc1ccccc1)NC1C(=O)N2C=CCS[C@H]12. The Morgan fingerprint density at radius 2 is 2.16 bits per heavy atom. The molecule has 2 atom stereocenters. The van der Waals surface area contributed by atoms with Crippen LogP contribution in [0.1, 0.15) is 5.56 Å². The zero-order chi connectivity index (χ0) is 13.2. The maximum atomic E-state index is 11.9. The molecule has 1 saturated heterocycles. The summed E-state index contributed by atoms with van der Waals surface area (Å²) in [7, 11) is 0. The van der Waals surface area contributed by atoms with Gasteiger partial charge in [-0.3, -0.25) is 9.59 Å². The van der Waals surface area contributed by atoms with Crippen LogP contribution in [0.5, 0.6) is 0 Å². The maximum absolute atomic E-state index is 11.9.